The maximum Gasteiger partial charge on any atom is 0.254 e. The van der Waals surface area contributed by atoms with Gasteiger partial charge in [0.25, 0.3) is 5.91 Å². The summed E-state index contributed by atoms with van der Waals surface area (Å²) in [5.74, 6) is 1.30. The molecule has 2 fully saturated rings. The standard InChI is InChI=1S/C20H22N2O2S.ClH/c23-19(18-6-3-11-25-18)16-4-1-2-5-17(16)20(24)22-9-7-14-12-21-13-15(14)8-10-22;/h1-6,11,14-15,21H,7-10,12-13H2;1H/t14-,15+;. The quantitative estimate of drug-likeness (QED) is 0.816. The van der Waals surface area contributed by atoms with Crippen molar-refractivity contribution in [2.45, 2.75) is 12.8 Å². The van der Waals surface area contributed by atoms with Crippen LogP contribution in [0.25, 0.3) is 0 Å². The van der Waals surface area contributed by atoms with Crippen LogP contribution in [0.1, 0.15) is 38.4 Å². The van der Waals surface area contributed by atoms with Crippen LogP contribution in [0.15, 0.2) is 41.8 Å². The highest BCUT2D eigenvalue weighted by Crippen LogP contribution is 2.28. The van der Waals surface area contributed by atoms with E-state index in [0.717, 1.165) is 39.0 Å². The lowest BCUT2D eigenvalue weighted by atomic mass is 9.92. The number of carbonyl (C=O) groups is 2. The van der Waals surface area contributed by atoms with E-state index in [0.29, 0.717) is 27.8 Å². The van der Waals surface area contributed by atoms with E-state index >= 15 is 0 Å². The fraction of sp³-hybridized carbons (Fsp3) is 0.400. The van der Waals surface area contributed by atoms with Crippen LogP contribution in [0.2, 0.25) is 0 Å². The molecule has 1 amide bonds. The fourth-order valence-corrected chi connectivity index (χ4v) is 4.68. The molecule has 2 atom stereocenters. The van der Waals surface area contributed by atoms with Gasteiger partial charge in [0.2, 0.25) is 5.78 Å². The number of thiophene rings is 1. The highest BCUT2D eigenvalue weighted by molar-refractivity contribution is 7.12. The molecular weight excluding hydrogens is 368 g/mol. The summed E-state index contributed by atoms with van der Waals surface area (Å²) in [4.78, 5) is 28.5. The predicted molar refractivity (Wildman–Crippen MR) is 106 cm³/mol. The van der Waals surface area contributed by atoms with Gasteiger partial charge in [0, 0.05) is 18.7 Å². The summed E-state index contributed by atoms with van der Waals surface area (Å²) in [5, 5.41) is 5.35. The van der Waals surface area contributed by atoms with Crippen molar-refractivity contribution in [1.82, 2.24) is 10.2 Å². The molecule has 3 heterocycles. The van der Waals surface area contributed by atoms with Gasteiger partial charge in [0.1, 0.15) is 0 Å². The number of fused-ring (bicyclic) bond motifs is 1. The van der Waals surface area contributed by atoms with E-state index in [1.54, 1.807) is 12.1 Å². The molecule has 0 radical (unpaired) electrons. The molecule has 1 aromatic heterocycles. The van der Waals surface area contributed by atoms with Crippen molar-refractivity contribution in [1.29, 1.82) is 0 Å². The molecule has 1 aromatic carbocycles. The minimum atomic E-state index is -0.0603. The van der Waals surface area contributed by atoms with Gasteiger partial charge in [-0.25, -0.2) is 0 Å². The molecule has 0 spiro atoms. The second-order valence-electron chi connectivity index (χ2n) is 6.90. The number of likely N-dealkylation sites (tertiary alicyclic amines) is 1. The molecule has 0 aliphatic carbocycles. The zero-order valence-electron chi connectivity index (χ0n) is 14.5. The molecule has 2 aliphatic rings. The van der Waals surface area contributed by atoms with Crippen LogP contribution in [0, 0.1) is 11.8 Å². The SMILES string of the molecule is Cl.O=C(c1cccs1)c1ccccc1C(=O)N1CC[C@@H]2CNC[C@@H]2CC1. The van der Waals surface area contributed by atoms with E-state index in [9.17, 15) is 9.59 Å². The second kappa shape index (κ2) is 8.33. The van der Waals surface area contributed by atoms with Gasteiger partial charge >= 0.3 is 0 Å². The zero-order chi connectivity index (χ0) is 17.2. The van der Waals surface area contributed by atoms with Gasteiger partial charge in [0.15, 0.2) is 0 Å². The van der Waals surface area contributed by atoms with Crippen molar-refractivity contribution < 1.29 is 9.59 Å². The van der Waals surface area contributed by atoms with Crippen molar-refractivity contribution in [3.05, 3.63) is 57.8 Å². The lowest BCUT2D eigenvalue weighted by Gasteiger charge is -2.22. The van der Waals surface area contributed by atoms with E-state index in [1.165, 1.54) is 11.3 Å². The van der Waals surface area contributed by atoms with Gasteiger partial charge in [0.05, 0.1) is 10.4 Å². The summed E-state index contributed by atoms with van der Waals surface area (Å²) in [5.41, 5.74) is 1.05. The van der Waals surface area contributed by atoms with Crippen LogP contribution in [0.4, 0.5) is 0 Å². The van der Waals surface area contributed by atoms with E-state index in [1.807, 2.05) is 34.5 Å². The van der Waals surface area contributed by atoms with E-state index in [2.05, 4.69) is 5.32 Å². The van der Waals surface area contributed by atoms with Gasteiger partial charge in [-0.1, -0.05) is 24.3 Å². The molecule has 1 N–H and O–H groups in total. The predicted octanol–water partition coefficient (Wildman–Crippen LogP) is 3.47. The molecule has 2 aromatic rings. The van der Waals surface area contributed by atoms with Crippen LogP contribution < -0.4 is 5.32 Å². The van der Waals surface area contributed by atoms with Crippen LogP contribution >= 0.6 is 23.7 Å². The Kier molecular flexibility index (Phi) is 6.12. The molecule has 0 unspecified atom stereocenters. The number of amides is 1. The Balaban J connectivity index is 0.00000196. The summed E-state index contributed by atoms with van der Waals surface area (Å²) in [6, 6.07) is 10.9. The maximum absolute atomic E-state index is 13.1. The van der Waals surface area contributed by atoms with Crippen LogP contribution in [0.5, 0.6) is 0 Å². The smallest absolute Gasteiger partial charge is 0.254 e. The first-order chi connectivity index (χ1) is 12.2. The number of hydrogen-bond acceptors (Lipinski definition) is 4. The third-order valence-corrected chi connectivity index (χ3v) is 6.32. The maximum atomic E-state index is 13.1. The van der Waals surface area contributed by atoms with Crippen molar-refractivity contribution in [3.8, 4) is 0 Å². The van der Waals surface area contributed by atoms with E-state index in [-0.39, 0.29) is 24.1 Å². The number of halogens is 1. The van der Waals surface area contributed by atoms with Crippen LogP contribution in [-0.2, 0) is 0 Å². The summed E-state index contributed by atoms with van der Waals surface area (Å²) >= 11 is 1.41. The number of hydrogen-bond donors (Lipinski definition) is 1. The number of ketones is 1. The lowest BCUT2D eigenvalue weighted by Crippen LogP contribution is -2.33. The number of nitrogens with zero attached hydrogens (tertiary/aromatic N) is 1. The molecule has 0 bridgehead atoms. The Hall–Kier alpha value is -1.69. The van der Waals surface area contributed by atoms with Gasteiger partial charge in [-0.15, -0.1) is 23.7 Å². The number of benzene rings is 1. The summed E-state index contributed by atoms with van der Waals surface area (Å²) in [6.45, 7) is 3.70. The molecular formula is C20H23ClN2O2S. The minimum absolute atomic E-state index is 0. The lowest BCUT2D eigenvalue weighted by molar-refractivity contribution is 0.0754. The topological polar surface area (TPSA) is 49.4 Å². The molecule has 0 saturated carbocycles. The first-order valence-corrected chi connectivity index (χ1v) is 9.79. The number of nitrogens with one attached hydrogen (secondary N) is 1. The molecule has 2 aliphatic heterocycles. The summed E-state index contributed by atoms with van der Waals surface area (Å²) in [7, 11) is 0. The van der Waals surface area contributed by atoms with Crippen molar-refractivity contribution >= 4 is 35.4 Å². The monoisotopic (exact) mass is 390 g/mol. The highest BCUT2D eigenvalue weighted by atomic mass is 35.5. The normalized spacial score (nSPS) is 22.2. The molecule has 2 saturated heterocycles. The third kappa shape index (κ3) is 3.70. The van der Waals surface area contributed by atoms with Gasteiger partial charge in [-0.3, -0.25) is 9.59 Å². The average Bonchev–Trinajstić information content (AvgIpc) is 3.30. The Morgan fingerprint density at radius 2 is 1.62 bits per heavy atom. The zero-order valence-corrected chi connectivity index (χ0v) is 16.2. The van der Waals surface area contributed by atoms with E-state index in [4.69, 9.17) is 0 Å². The molecule has 4 rings (SSSR count). The van der Waals surface area contributed by atoms with Crippen molar-refractivity contribution in [3.63, 3.8) is 0 Å². The molecule has 4 nitrogen and oxygen atoms in total. The number of rotatable bonds is 3. The fourth-order valence-electron chi connectivity index (χ4n) is 4.00. The van der Waals surface area contributed by atoms with Gasteiger partial charge in [-0.2, -0.15) is 0 Å². The average molecular weight is 391 g/mol. The van der Waals surface area contributed by atoms with Crippen LogP contribution in [-0.4, -0.2) is 42.8 Å². The van der Waals surface area contributed by atoms with Crippen molar-refractivity contribution in [2.75, 3.05) is 26.2 Å². The summed E-state index contributed by atoms with van der Waals surface area (Å²) in [6.07, 6.45) is 2.09. The molecule has 6 heteroatoms. The highest BCUT2D eigenvalue weighted by Gasteiger charge is 2.32. The first kappa shape index (κ1) is 19.1. The first-order valence-electron chi connectivity index (χ1n) is 8.91. The Morgan fingerprint density at radius 1 is 0.962 bits per heavy atom. The third-order valence-electron chi connectivity index (χ3n) is 5.45. The van der Waals surface area contributed by atoms with E-state index < -0.39 is 0 Å². The molecule has 138 valence electrons. The van der Waals surface area contributed by atoms with Crippen molar-refractivity contribution in [2.24, 2.45) is 11.8 Å². The van der Waals surface area contributed by atoms with Crippen LogP contribution in [0.3, 0.4) is 0 Å². The molecule has 26 heavy (non-hydrogen) atoms. The number of carbonyl (C=O) groups excluding carboxylic acids is 2. The minimum Gasteiger partial charge on any atom is -0.339 e. The Morgan fingerprint density at radius 3 is 2.23 bits per heavy atom. The Bertz CT molecular complexity index is 764. The largest absolute Gasteiger partial charge is 0.339 e. The Labute approximate surface area is 164 Å². The van der Waals surface area contributed by atoms with Gasteiger partial charge < -0.3 is 10.2 Å². The van der Waals surface area contributed by atoms with Gasteiger partial charge in [-0.05, 0) is 55.3 Å². The second-order valence-corrected chi connectivity index (χ2v) is 7.85. The summed E-state index contributed by atoms with van der Waals surface area (Å²) < 4.78 is 0.